The van der Waals surface area contributed by atoms with Crippen LogP contribution in [0.15, 0.2) is 30.3 Å². The van der Waals surface area contributed by atoms with Gasteiger partial charge in [0.05, 0.1) is 13.0 Å². The van der Waals surface area contributed by atoms with E-state index in [-0.39, 0.29) is 18.4 Å². The van der Waals surface area contributed by atoms with Crippen LogP contribution in [0.5, 0.6) is 0 Å². The molecule has 142 valence electrons. The third-order valence-corrected chi connectivity index (χ3v) is 5.27. The van der Waals surface area contributed by atoms with Gasteiger partial charge in [-0.05, 0) is 67.9 Å². The Kier molecular flexibility index (Phi) is 5.64. The molecule has 4 heteroatoms. The molecular weight excluding hydrogens is 336 g/mol. The Balaban J connectivity index is 1.59. The topological polar surface area (TPSA) is 49.4 Å². The van der Waals surface area contributed by atoms with Crippen LogP contribution in [-0.2, 0) is 28.9 Å². The summed E-state index contributed by atoms with van der Waals surface area (Å²) < 4.78 is 0. The Bertz CT molecular complexity index is 863. The van der Waals surface area contributed by atoms with E-state index in [4.69, 9.17) is 0 Å². The second-order valence-corrected chi connectivity index (χ2v) is 7.71. The zero-order valence-electron chi connectivity index (χ0n) is 16.7. The number of hydrogen-bond donors (Lipinski definition) is 1. The summed E-state index contributed by atoms with van der Waals surface area (Å²) in [5.41, 5.74) is 7.88. The number of benzene rings is 2. The Morgan fingerprint density at radius 1 is 1.00 bits per heavy atom. The van der Waals surface area contributed by atoms with Crippen molar-refractivity contribution < 1.29 is 9.59 Å². The molecule has 2 aromatic carbocycles. The van der Waals surface area contributed by atoms with Crippen LogP contribution in [0.2, 0.25) is 0 Å². The third-order valence-electron chi connectivity index (χ3n) is 5.27. The third kappa shape index (κ3) is 4.57. The van der Waals surface area contributed by atoms with Crippen LogP contribution < -0.4 is 5.32 Å². The minimum atomic E-state index is -0.171. The molecule has 2 amide bonds. The van der Waals surface area contributed by atoms with Crippen LogP contribution in [-0.4, -0.2) is 30.3 Å². The van der Waals surface area contributed by atoms with Crippen LogP contribution in [0.25, 0.3) is 0 Å². The maximum Gasteiger partial charge on any atom is 0.243 e. The Morgan fingerprint density at radius 2 is 1.67 bits per heavy atom. The summed E-state index contributed by atoms with van der Waals surface area (Å²) in [6, 6.07) is 10.4. The molecule has 1 aliphatic carbocycles. The summed E-state index contributed by atoms with van der Waals surface area (Å²) in [7, 11) is 1.68. The molecule has 2 aromatic rings. The number of likely N-dealkylation sites (N-methyl/N-ethyl adjacent to an activating group) is 1. The molecule has 0 unspecified atom stereocenters. The number of nitrogens with one attached hydrogen (secondary N) is 1. The molecule has 0 atom stereocenters. The number of carbonyl (C=O) groups excluding carboxylic acids is 2. The number of amides is 2. The molecule has 0 radical (unpaired) electrons. The molecule has 0 fully saturated rings. The first-order valence-corrected chi connectivity index (χ1v) is 9.56. The molecule has 0 aromatic heterocycles. The van der Waals surface area contributed by atoms with Crippen molar-refractivity contribution in [2.45, 2.75) is 46.5 Å². The Labute approximate surface area is 161 Å². The normalized spacial score (nSPS) is 12.6. The summed E-state index contributed by atoms with van der Waals surface area (Å²) in [6.07, 6.45) is 3.77. The van der Waals surface area contributed by atoms with Gasteiger partial charge in [-0.25, -0.2) is 0 Å². The van der Waals surface area contributed by atoms with E-state index >= 15 is 0 Å². The van der Waals surface area contributed by atoms with Gasteiger partial charge in [-0.1, -0.05) is 35.9 Å². The molecular formula is C23H28N2O2. The fraction of sp³-hybridized carbons (Fsp3) is 0.391. The van der Waals surface area contributed by atoms with E-state index < -0.39 is 0 Å². The second kappa shape index (κ2) is 7.95. The Hall–Kier alpha value is -2.62. The quantitative estimate of drug-likeness (QED) is 0.879. The van der Waals surface area contributed by atoms with E-state index in [1.807, 2.05) is 39.0 Å². The lowest BCUT2D eigenvalue weighted by molar-refractivity contribution is -0.132. The van der Waals surface area contributed by atoms with Crippen molar-refractivity contribution in [3.8, 4) is 0 Å². The second-order valence-electron chi connectivity index (χ2n) is 7.71. The first-order valence-electron chi connectivity index (χ1n) is 9.56. The van der Waals surface area contributed by atoms with Crippen LogP contribution in [0.1, 0.15) is 39.8 Å². The zero-order valence-corrected chi connectivity index (χ0v) is 16.7. The maximum atomic E-state index is 12.5. The molecule has 4 nitrogen and oxygen atoms in total. The molecule has 3 rings (SSSR count). The first-order chi connectivity index (χ1) is 12.8. The molecule has 0 aliphatic heterocycles. The van der Waals surface area contributed by atoms with Crippen molar-refractivity contribution in [3.05, 3.63) is 63.7 Å². The van der Waals surface area contributed by atoms with Gasteiger partial charge < -0.3 is 10.2 Å². The average Bonchev–Trinajstić information content (AvgIpc) is 3.05. The summed E-state index contributed by atoms with van der Waals surface area (Å²) in [4.78, 5) is 26.4. The van der Waals surface area contributed by atoms with Gasteiger partial charge in [0.15, 0.2) is 0 Å². The van der Waals surface area contributed by atoms with E-state index in [0.29, 0.717) is 6.42 Å². The summed E-state index contributed by atoms with van der Waals surface area (Å²) in [6.45, 7) is 6.06. The number of nitrogens with zero attached hydrogens (tertiary/aromatic N) is 1. The van der Waals surface area contributed by atoms with Crippen molar-refractivity contribution in [2.75, 3.05) is 18.9 Å². The van der Waals surface area contributed by atoms with Crippen molar-refractivity contribution in [1.29, 1.82) is 0 Å². The van der Waals surface area contributed by atoms with Gasteiger partial charge >= 0.3 is 0 Å². The van der Waals surface area contributed by atoms with Crippen molar-refractivity contribution in [1.82, 2.24) is 4.90 Å². The van der Waals surface area contributed by atoms with Gasteiger partial charge in [-0.15, -0.1) is 0 Å². The minimum Gasteiger partial charge on any atom is -0.336 e. The molecule has 0 saturated carbocycles. The fourth-order valence-corrected chi connectivity index (χ4v) is 3.90. The number of hydrogen-bond acceptors (Lipinski definition) is 2. The maximum absolute atomic E-state index is 12.5. The number of carbonyl (C=O) groups is 2. The predicted molar refractivity (Wildman–Crippen MR) is 109 cm³/mol. The highest BCUT2D eigenvalue weighted by Crippen LogP contribution is 2.23. The molecule has 1 aliphatic rings. The summed E-state index contributed by atoms with van der Waals surface area (Å²) in [5.74, 6) is -0.213. The number of rotatable bonds is 5. The lowest BCUT2D eigenvalue weighted by Crippen LogP contribution is -2.36. The van der Waals surface area contributed by atoms with Crippen LogP contribution in [0, 0.1) is 20.8 Å². The molecule has 0 bridgehead atoms. The molecule has 0 spiro atoms. The highest BCUT2D eigenvalue weighted by Gasteiger charge is 2.17. The molecule has 0 heterocycles. The standard InChI is InChI=1S/C23H28N2O2/c1-15-10-16(2)23(17(3)11-15)24-21(26)14-25(4)22(27)13-18-8-9-19-6-5-7-20(19)12-18/h8-12H,5-7,13-14H2,1-4H3,(H,24,26). The van der Waals surface area contributed by atoms with Gasteiger partial charge in [-0.2, -0.15) is 0 Å². The first kappa shape index (κ1) is 19.2. The fourth-order valence-electron chi connectivity index (χ4n) is 3.90. The van der Waals surface area contributed by atoms with Crippen molar-refractivity contribution >= 4 is 17.5 Å². The van der Waals surface area contributed by atoms with Crippen LogP contribution >= 0.6 is 0 Å². The number of aryl methyl sites for hydroxylation is 5. The average molecular weight is 364 g/mol. The van der Waals surface area contributed by atoms with Gasteiger partial charge in [-0.3, -0.25) is 9.59 Å². The molecule has 27 heavy (non-hydrogen) atoms. The van der Waals surface area contributed by atoms with E-state index in [1.165, 1.54) is 28.0 Å². The van der Waals surface area contributed by atoms with E-state index in [9.17, 15) is 9.59 Å². The van der Waals surface area contributed by atoms with Crippen LogP contribution in [0.4, 0.5) is 5.69 Å². The number of fused-ring (bicyclic) bond motifs is 1. The van der Waals surface area contributed by atoms with E-state index in [0.717, 1.165) is 35.2 Å². The lowest BCUT2D eigenvalue weighted by atomic mass is 10.0. The van der Waals surface area contributed by atoms with Gasteiger partial charge in [0.25, 0.3) is 0 Å². The van der Waals surface area contributed by atoms with Crippen LogP contribution in [0.3, 0.4) is 0 Å². The predicted octanol–water partition coefficient (Wildman–Crippen LogP) is 3.74. The zero-order chi connectivity index (χ0) is 19.6. The van der Waals surface area contributed by atoms with Crippen molar-refractivity contribution in [2.24, 2.45) is 0 Å². The summed E-state index contributed by atoms with van der Waals surface area (Å²) in [5, 5.41) is 2.96. The lowest BCUT2D eigenvalue weighted by Gasteiger charge is -2.19. The van der Waals surface area contributed by atoms with Crippen molar-refractivity contribution in [3.63, 3.8) is 0 Å². The van der Waals surface area contributed by atoms with E-state index in [2.05, 4.69) is 17.4 Å². The SMILES string of the molecule is Cc1cc(C)c(NC(=O)CN(C)C(=O)Cc2ccc3c(c2)CCC3)c(C)c1. The smallest absolute Gasteiger partial charge is 0.243 e. The summed E-state index contributed by atoms with van der Waals surface area (Å²) >= 11 is 0. The molecule has 0 saturated heterocycles. The molecule has 1 N–H and O–H groups in total. The Morgan fingerprint density at radius 3 is 2.37 bits per heavy atom. The van der Waals surface area contributed by atoms with Gasteiger partial charge in [0.1, 0.15) is 0 Å². The highest BCUT2D eigenvalue weighted by molar-refractivity contribution is 5.96. The highest BCUT2D eigenvalue weighted by atomic mass is 16.2. The monoisotopic (exact) mass is 364 g/mol. The van der Waals surface area contributed by atoms with Gasteiger partial charge in [0.2, 0.25) is 11.8 Å². The largest absolute Gasteiger partial charge is 0.336 e. The van der Waals surface area contributed by atoms with E-state index in [1.54, 1.807) is 7.05 Å². The number of anilines is 1. The minimum absolute atomic E-state index is 0.0413. The van der Waals surface area contributed by atoms with Gasteiger partial charge in [0, 0.05) is 12.7 Å².